The van der Waals surface area contributed by atoms with Crippen molar-refractivity contribution in [1.82, 2.24) is 36.1 Å². The Morgan fingerprint density at radius 2 is 1.35 bits per heavy atom. The average Bonchev–Trinajstić information content (AvgIpc) is 3.62. The van der Waals surface area contributed by atoms with Gasteiger partial charge >= 0.3 is 87.2 Å². The van der Waals surface area contributed by atoms with Crippen LogP contribution in [0.2, 0.25) is 0 Å². The van der Waals surface area contributed by atoms with Crippen LogP contribution in [0.25, 0.3) is 6.08 Å². The molecule has 0 radical (unpaired) electrons. The summed E-state index contributed by atoms with van der Waals surface area (Å²) in [4.78, 5) is 119. The van der Waals surface area contributed by atoms with E-state index in [0.717, 1.165) is 44.7 Å². The number of unbranched alkanes of at least 4 members (excludes halogenated alkanes) is 4. The van der Waals surface area contributed by atoms with Gasteiger partial charge in [-0.3, -0.25) is 42.2 Å². The van der Waals surface area contributed by atoms with Crippen molar-refractivity contribution in [1.29, 1.82) is 0 Å². The van der Waals surface area contributed by atoms with E-state index in [4.69, 9.17) is 4.74 Å². The molecule has 2 fully saturated rings. The van der Waals surface area contributed by atoms with Gasteiger partial charge in [0, 0.05) is 51.1 Å². The quantitative estimate of drug-likeness (QED) is 0.0231. The normalized spacial score (nSPS) is 22.0. The minimum atomic E-state index is -6.27. The van der Waals surface area contributed by atoms with Crippen molar-refractivity contribution in [2.75, 3.05) is 26.2 Å². The zero-order valence-electron chi connectivity index (χ0n) is 36.9. The van der Waals surface area contributed by atoms with E-state index in [1.54, 1.807) is 0 Å². The summed E-state index contributed by atoms with van der Waals surface area (Å²) in [6, 6.07) is 0.0713. The SMILES string of the molecule is CC1NC(=O)NC1CCCCCC(=O)NCCCCCC(=O)NCCCC(=O)NCC=Cc1cn(C2OC(COP(=O)([O-])OP(=O)([O-])OP(=O)([O-])[O-])C(O)C2O)c(=O)[nH]c1=O.[Li+].[Li+].[Li+].[Li+]. The molecule has 0 aromatic carbocycles. The second kappa shape index (κ2) is 31.8. The summed E-state index contributed by atoms with van der Waals surface area (Å²) in [6.07, 6.45) is 2.70. The first-order valence-electron chi connectivity index (χ1n) is 19.2. The van der Waals surface area contributed by atoms with E-state index in [0.29, 0.717) is 36.8 Å². The van der Waals surface area contributed by atoms with E-state index in [1.165, 1.54) is 12.2 Å². The van der Waals surface area contributed by atoms with Gasteiger partial charge in [-0.2, -0.15) is 0 Å². The third-order valence-electron chi connectivity index (χ3n) is 9.12. The minimum absolute atomic E-state index is 0. The first-order valence-corrected chi connectivity index (χ1v) is 23.6. The van der Waals surface area contributed by atoms with Crippen LogP contribution in [0.5, 0.6) is 0 Å². The number of phosphoric acid groups is 3. The molecule has 1 aromatic heterocycles. The summed E-state index contributed by atoms with van der Waals surface area (Å²) in [6.45, 7) is 1.41. The molecule has 5 amide bonds. The van der Waals surface area contributed by atoms with Gasteiger partial charge in [0.15, 0.2) is 6.23 Å². The van der Waals surface area contributed by atoms with Gasteiger partial charge in [-0.05, 0) is 39.0 Å². The van der Waals surface area contributed by atoms with Crippen LogP contribution in [0.15, 0.2) is 21.9 Å². The van der Waals surface area contributed by atoms with E-state index < -0.39 is 65.9 Å². The second-order valence-corrected chi connectivity index (χ2v) is 18.3. The molecule has 8 atom stereocenters. The van der Waals surface area contributed by atoms with Crippen molar-refractivity contribution in [3.63, 3.8) is 0 Å². The van der Waals surface area contributed by atoms with Crippen LogP contribution in [0.1, 0.15) is 89.3 Å². The molecule has 3 rings (SSSR count). The maximum absolute atomic E-state index is 12.5. The molecule has 65 heavy (non-hydrogen) atoms. The summed E-state index contributed by atoms with van der Waals surface area (Å²) in [7, 11) is -18.5. The third-order valence-corrected chi connectivity index (χ3v) is 12.8. The summed E-state index contributed by atoms with van der Waals surface area (Å²) in [5, 5.41) is 34.7. The van der Waals surface area contributed by atoms with Gasteiger partial charge in [0.25, 0.3) is 21.2 Å². The van der Waals surface area contributed by atoms with Gasteiger partial charge in [-0.15, -0.1) is 0 Å². The standard InChI is InChI=1S/C32H54N7O19P3.4Li/c1-20-22(37-31(46)36-20)11-4-2-5-12-24(40)33-15-7-3-6-13-25(41)35-17-9-14-26(42)34-16-8-10-21-18-39(32(47)38-29(21)45)30-28(44)27(43)23(56-30)19-55-60(51,52)58-61(53,54)57-59(48,49)50;;;;/h8,10,18,20,22-23,27-28,30,43-44H,2-7,9,11-17,19H2,1H3,(H,33,40)(H,34,42)(H,35,41)(H,51,52)(H,53,54)(H2,36,37,46)(H,38,45,47)(H2,48,49,50);;;;/q;4*+1/p-4. The number of nitrogens with one attached hydrogen (secondary N) is 6. The maximum atomic E-state index is 12.5. The molecule has 0 spiro atoms. The van der Waals surface area contributed by atoms with Gasteiger partial charge in [-0.25, -0.2) is 13.9 Å². The summed E-state index contributed by atoms with van der Waals surface area (Å²) >= 11 is 0. The van der Waals surface area contributed by atoms with Crippen LogP contribution in [0.3, 0.4) is 0 Å². The Hall–Kier alpha value is -1.22. The molecule has 2 aliphatic rings. The van der Waals surface area contributed by atoms with Gasteiger partial charge in [0.2, 0.25) is 17.7 Å². The molecule has 1 aromatic rings. The van der Waals surface area contributed by atoms with Crippen molar-refractivity contribution in [2.24, 2.45) is 0 Å². The summed E-state index contributed by atoms with van der Waals surface area (Å²) < 4.78 is 50.3. The molecular weight excluding hydrogens is 907 g/mol. The number of rotatable bonds is 27. The fourth-order valence-electron chi connectivity index (χ4n) is 6.06. The van der Waals surface area contributed by atoms with E-state index in [2.05, 4.69) is 39.7 Å². The molecule has 8 N–H and O–H groups in total. The number of nitrogens with zero attached hydrogens (tertiary/aromatic N) is 1. The zero-order chi connectivity index (χ0) is 45.4. The number of aromatic nitrogens is 2. The second-order valence-electron chi connectivity index (χ2n) is 14.0. The van der Waals surface area contributed by atoms with Crippen LogP contribution in [0.4, 0.5) is 4.79 Å². The molecule has 0 saturated carbocycles. The van der Waals surface area contributed by atoms with Crippen LogP contribution in [-0.4, -0.2) is 100 Å². The number of aromatic amines is 1. The Kier molecular flexibility index (Phi) is 32.2. The smallest absolute Gasteiger partial charge is 0.790 e. The van der Waals surface area contributed by atoms with E-state index in [9.17, 15) is 72.2 Å². The predicted molar refractivity (Wildman–Crippen MR) is 202 cm³/mol. The van der Waals surface area contributed by atoms with Gasteiger partial charge < -0.3 is 70.2 Å². The Bertz CT molecular complexity index is 1980. The van der Waals surface area contributed by atoms with Gasteiger partial charge in [0.1, 0.15) is 18.3 Å². The maximum Gasteiger partial charge on any atom is 1.00 e. The molecular formula is C32H50Li4N7O19P3. The van der Waals surface area contributed by atoms with Crippen molar-refractivity contribution in [3.05, 3.63) is 38.7 Å². The third kappa shape index (κ3) is 25.3. The zero-order valence-corrected chi connectivity index (χ0v) is 39.6. The Labute approximate surface area is 421 Å². The molecule has 2 saturated heterocycles. The first-order chi connectivity index (χ1) is 28.6. The van der Waals surface area contributed by atoms with Crippen molar-refractivity contribution in [3.8, 4) is 0 Å². The number of aliphatic hydroxyl groups excluding tert-OH is 2. The molecule has 2 aliphatic heterocycles. The minimum Gasteiger partial charge on any atom is -0.790 e. The van der Waals surface area contributed by atoms with Crippen LogP contribution in [-0.2, 0) is 46.0 Å². The Balaban J connectivity index is 0. The largest absolute Gasteiger partial charge is 1.00 e. The van der Waals surface area contributed by atoms with Crippen LogP contribution in [0, 0.1) is 0 Å². The number of phosphoric ester groups is 1. The fraction of sp³-hybridized carbons (Fsp3) is 0.688. The number of hydrogen-bond donors (Lipinski definition) is 8. The topological polar surface area (TPSA) is 404 Å². The fourth-order valence-corrected chi connectivity index (χ4v) is 8.93. The van der Waals surface area contributed by atoms with Crippen molar-refractivity contribution < 1.29 is 156 Å². The molecule has 0 aliphatic carbocycles. The number of carbonyl (C=O) groups is 4. The van der Waals surface area contributed by atoms with E-state index in [1.807, 2.05) is 11.9 Å². The van der Waals surface area contributed by atoms with Gasteiger partial charge in [-0.1, -0.05) is 31.4 Å². The number of hydrogen-bond acceptors (Lipinski definition) is 19. The molecule has 8 unspecified atom stereocenters. The molecule has 33 heteroatoms. The number of urea groups is 1. The van der Waals surface area contributed by atoms with E-state index >= 15 is 0 Å². The molecule has 346 valence electrons. The Morgan fingerprint density at radius 3 is 1.94 bits per heavy atom. The number of carbonyl (C=O) groups excluding carboxylic acids is 4. The molecule has 0 bridgehead atoms. The summed E-state index contributed by atoms with van der Waals surface area (Å²) in [5.41, 5.74) is -2.22. The van der Waals surface area contributed by atoms with Gasteiger partial charge in [0.05, 0.1) is 26.0 Å². The predicted octanol–water partition coefficient (Wildman–Crippen LogP) is -15.3. The number of ether oxygens (including phenoxy) is 1. The van der Waals surface area contributed by atoms with Crippen molar-refractivity contribution >= 4 is 53.3 Å². The van der Waals surface area contributed by atoms with Crippen molar-refractivity contribution in [2.45, 2.75) is 114 Å². The number of aliphatic hydroxyl groups is 2. The monoisotopic (exact) mass is 957 g/mol. The van der Waals surface area contributed by atoms with E-state index in [-0.39, 0.29) is 136 Å². The van der Waals surface area contributed by atoms with Crippen LogP contribution >= 0.6 is 23.5 Å². The Morgan fingerprint density at radius 1 is 0.785 bits per heavy atom. The summed E-state index contributed by atoms with van der Waals surface area (Å²) in [5.74, 6) is -0.557. The number of H-pyrrole nitrogens is 1. The molecule has 3 heterocycles. The number of amides is 5. The average molecular weight is 957 g/mol. The van der Waals surface area contributed by atoms with Crippen LogP contribution < -0.4 is 133 Å². The first kappa shape index (κ1) is 65.9. The molecule has 26 nitrogen and oxygen atoms in total.